The average Bonchev–Trinajstić information content (AvgIpc) is 2.33. The lowest BCUT2D eigenvalue weighted by Crippen LogP contribution is -2.39. The zero-order valence-electron chi connectivity index (χ0n) is 11.0. The van der Waals surface area contributed by atoms with Crippen molar-refractivity contribution in [1.82, 2.24) is 4.90 Å². The number of hydrogen-bond acceptors (Lipinski definition) is 2. The summed E-state index contributed by atoms with van der Waals surface area (Å²) >= 11 is 4.59. The molecule has 106 valence electrons. The highest BCUT2D eigenvalue weighted by Crippen LogP contribution is 2.22. The molecule has 1 aromatic carbocycles. The van der Waals surface area contributed by atoms with E-state index in [0.717, 1.165) is 24.3 Å². The van der Waals surface area contributed by atoms with Gasteiger partial charge < -0.3 is 4.90 Å². The second-order valence-corrected chi connectivity index (χ2v) is 6.00. The molecule has 19 heavy (non-hydrogen) atoms. The Morgan fingerprint density at radius 3 is 2.37 bits per heavy atom. The molecule has 1 atom stereocenters. The molecule has 0 saturated heterocycles. The molecule has 1 amide bonds. The number of carbonyl (C=O) groups is 1. The summed E-state index contributed by atoms with van der Waals surface area (Å²) in [6.45, 7) is 1.94. The summed E-state index contributed by atoms with van der Waals surface area (Å²) in [5.74, 6) is -1.58. The summed E-state index contributed by atoms with van der Waals surface area (Å²) in [7, 11) is 1.58. The summed E-state index contributed by atoms with van der Waals surface area (Å²) in [6.07, 6.45) is 2.67. The van der Waals surface area contributed by atoms with E-state index in [1.165, 1.54) is 4.90 Å². The molecule has 0 aromatic heterocycles. The first-order chi connectivity index (χ1) is 8.92. The summed E-state index contributed by atoms with van der Waals surface area (Å²) in [5, 5.41) is 0. The van der Waals surface area contributed by atoms with Crippen LogP contribution in [0.15, 0.2) is 16.6 Å². The van der Waals surface area contributed by atoms with E-state index in [0.29, 0.717) is 0 Å². The first kappa shape index (κ1) is 16.4. The maximum atomic E-state index is 13.8. The van der Waals surface area contributed by atoms with E-state index in [1.54, 1.807) is 18.8 Å². The fourth-order valence-corrected chi connectivity index (χ4v) is 3.03. The molecule has 0 spiro atoms. The molecule has 6 heteroatoms. The Morgan fingerprint density at radius 2 is 1.95 bits per heavy atom. The lowest BCUT2D eigenvalue weighted by atomic mass is 10.1. The molecule has 0 N–H and O–H groups in total. The number of carbonyl (C=O) groups excluding carboxylic acids is 1. The van der Waals surface area contributed by atoms with Crippen molar-refractivity contribution in [2.45, 2.75) is 19.4 Å². The minimum Gasteiger partial charge on any atom is -0.338 e. The number of rotatable bonds is 5. The molecule has 0 aliphatic carbocycles. The topological polar surface area (TPSA) is 20.3 Å². The average molecular weight is 352 g/mol. The maximum absolute atomic E-state index is 13.8. The summed E-state index contributed by atoms with van der Waals surface area (Å²) in [5.41, 5.74) is -0.495. The van der Waals surface area contributed by atoms with Crippen molar-refractivity contribution in [2.24, 2.45) is 0 Å². The predicted molar refractivity (Wildman–Crippen MR) is 78.6 cm³/mol. The van der Waals surface area contributed by atoms with Crippen molar-refractivity contribution in [3.05, 3.63) is 33.8 Å². The smallest absolute Gasteiger partial charge is 0.259 e. The van der Waals surface area contributed by atoms with Crippen LogP contribution >= 0.6 is 27.7 Å². The molecule has 0 fully saturated rings. The van der Waals surface area contributed by atoms with Crippen molar-refractivity contribution in [2.75, 3.05) is 19.1 Å². The van der Waals surface area contributed by atoms with Crippen LogP contribution in [-0.2, 0) is 0 Å². The van der Waals surface area contributed by atoms with Gasteiger partial charge in [-0.25, -0.2) is 8.78 Å². The van der Waals surface area contributed by atoms with Crippen LogP contribution in [0.1, 0.15) is 23.7 Å². The van der Waals surface area contributed by atoms with Gasteiger partial charge in [0.15, 0.2) is 0 Å². The third-order valence-corrected chi connectivity index (χ3v) is 4.10. The van der Waals surface area contributed by atoms with Crippen molar-refractivity contribution < 1.29 is 13.6 Å². The van der Waals surface area contributed by atoms with Crippen LogP contribution in [0.25, 0.3) is 0 Å². The zero-order valence-corrected chi connectivity index (χ0v) is 13.4. The van der Waals surface area contributed by atoms with Crippen molar-refractivity contribution in [3.8, 4) is 0 Å². The molecule has 0 aliphatic heterocycles. The van der Waals surface area contributed by atoms with E-state index in [-0.39, 0.29) is 10.5 Å². The van der Waals surface area contributed by atoms with Crippen LogP contribution < -0.4 is 0 Å². The SMILES string of the molecule is CCC(CSC)N(C)C(=O)c1c(F)cc(Br)cc1F. The highest BCUT2D eigenvalue weighted by Gasteiger charge is 2.25. The van der Waals surface area contributed by atoms with Gasteiger partial charge in [-0.05, 0) is 24.8 Å². The van der Waals surface area contributed by atoms with E-state index < -0.39 is 23.1 Å². The molecule has 0 bridgehead atoms. The Labute approximate surface area is 124 Å². The number of amides is 1. The fourth-order valence-electron chi connectivity index (χ4n) is 1.78. The Hall–Kier alpha value is -0.620. The van der Waals surface area contributed by atoms with Crippen LogP contribution in [0.4, 0.5) is 8.78 Å². The van der Waals surface area contributed by atoms with Crippen LogP contribution in [0.5, 0.6) is 0 Å². The first-order valence-electron chi connectivity index (χ1n) is 5.83. The second kappa shape index (κ2) is 7.24. The predicted octanol–water partition coefficient (Wildman–Crippen LogP) is 3.94. The Morgan fingerprint density at radius 1 is 1.42 bits per heavy atom. The molecule has 0 radical (unpaired) electrons. The highest BCUT2D eigenvalue weighted by molar-refractivity contribution is 9.10. The van der Waals surface area contributed by atoms with Crippen molar-refractivity contribution in [3.63, 3.8) is 0 Å². The van der Waals surface area contributed by atoms with E-state index in [1.807, 2.05) is 13.2 Å². The summed E-state index contributed by atoms with van der Waals surface area (Å²) in [4.78, 5) is 13.6. The first-order valence-corrected chi connectivity index (χ1v) is 8.01. The third-order valence-electron chi connectivity index (χ3n) is 2.92. The lowest BCUT2D eigenvalue weighted by Gasteiger charge is -2.27. The van der Waals surface area contributed by atoms with Gasteiger partial charge in [0.05, 0.1) is 0 Å². The van der Waals surface area contributed by atoms with Crippen LogP contribution in [0.2, 0.25) is 0 Å². The van der Waals surface area contributed by atoms with Crippen molar-refractivity contribution in [1.29, 1.82) is 0 Å². The summed E-state index contributed by atoms with van der Waals surface area (Å²) < 4.78 is 27.8. The van der Waals surface area contributed by atoms with Gasteiger partial charge in [-0.3, -0.25) is 4.79 Å². The van der Waals surface area contributed by atoms with Crippen LogP contribution in [-0.4, -0.2) is 35.9 Å². The van der Waals surface area contributed by atoms with Gasteiger partial charge in [0.25, 0.3) is 5.91 Å². The number of benzene rings is 1. The fraction of sp³-hybridized carbons (Fsp3) is 0.462. The van der Waals surface area contributed by atoms with Gasteiger partial charge in [0.2, 0.25) is 0 Å². The molecular formula is C13H16BrF2NOS. The third kappa shape index (κ3) is 3.92. The molecule has 0 saturated carbocycles. The van der Waals surface area contributed by atoms with Gasteiger partial charge >= 0.3 is 0 Å². The van der Waals surface area contributed by atoms with Crippen molar-refractivity contribution >= 4 is 33.6 Å². The Balaban J connectivity index is 3.06. The molecule has 1 rings (SSSR count). The zero-order chi connectivity index (χ0) is 14.6. The Kier molecular flexibility index (Phi) is 6.26. The van der Waals surface area contributed by atoms with Gasteiger partial charge in [-0.1, -0.05) is 22.9 Å². The van der Waals surface area contributed by atoms with E-state index in [2.05, 4.69) is 15.9 Å². The van der Waals surface area contributed by atoms with Gasteiger partial charge in [-0.2, -0.15) is 11.8 Å². The number of thioether (sulfide) groups is 1. The maximum Gasteiger partial charge on any atom is 0.259 e. The number of halogens is 3. The van der Waals surface area contributed by atoms with E-state index in [9.17, 15) is 13.6 Å². The molecule has 2 nitrogen and oxygen atoms in total. The van der Waals surface area contributed by atoms with Crippen LogP contribution in [0, 0.1) is 11.6 Å². The van der Waals surface area contributed by atoms with Gasteiger partial charge in [0.1, 0.15) is 17.2 Å². The van der Waals surface area contributed by atoms with E-state index >= 15 is 0 Å². The summed E-state index contributed by atoms with van der Waals surface area (Å²) in [6, 6.07) is 2.16. The molecular weight excluding hydrogens is 336 g/mol. The Bertz CT molecular complexity index is 447. The van der Waals surface area contributed by atoms with Crippen LogP contribution in [0.3, 0.4) is 0 Å². The second-order valence-electron chi connectivity index (χ2n) is 4.18. The monoisotopic (exact) mass is 351 g/mol. The number of nitrogens with zero attached hydrogens (tertiary/aromatic N) is 1. The quantitative estimate of drug-likeness (QED) is 0.800. The van der Waals surface area contributed by atoms with Gasteiger partial charge in [-0.15, -0.1) is 0 Å². The molecule has 1 unspecified atom stereocenters. The minimum atomic E-state index is -0.845. The minimum absolute atomic E-state index is 0.0371. The molecule has 1 aromatic rings. The highest BCUT2D eigenvalue weighted by atomic mass is 79.9. The molecule has 0 heterocycles. The number of hydrogen-bond donors (Lipinski definition) is 0. The van der Waals surface area contributed by atoms with E-state index in [4.69, 9.17) is 0 Å². The largest absolute Gasteiger partial charge is 0.338 e. The normalized spacial score (nSPS) is 12.3. The standard InChI is InChI=1S/C13H16BrF2NOS/c1-4-9(7-19-3)17(2)13(18)12-10(15)5-8(14)6-11(12)16/h5-6,9H,4,7H2,1-3H3. The molecule has 0 aliphatic rings. The lowest BCUT2D eigenvalue weighted by molar-refractivity contribution is 0.0733. The van der Waals surface area contributed by atoms with Gasteiger partial charge in [0, 0.05) is 23.3 Å².